The molecule has 1 aromatic heterocycles. The molecule has 1 amide bonds. The molecule has 3 N–H and O–H groups in total. The van der Waals surface area contributed by atoms with Gasteiger partial charge >= 0.3 is 6.01 Å². The molecule has 1 rings (SSSR count). The third-order valence-electron chi connectivity index (χ3n) is 1.38. The van der Waals surface area contributed by atoms with E-state index in [-0.39, 0.29) is 11.9 Å². The highest BCUT2D eigenvalue weighted by Gasteiger charge is 2.06. The molecular formula is C7H12N4O2. The highest BCUT2D eigenvalue weighted by atomic mass is 16.4. The Bertz CT molecular complexity index is 284. The van der Waals surface area contributed by atoms with Gasteiger partial charge in [-0.15, -0.1) is 5.10 Å². The van der Waals surface area contributed by atoms with E-state index in [1.807, 2.05) is 0 Å². The molecule has 6 nitrogen and oxygen atoms in total. The molecule has 0 radical (unpaired) electrons. The first-order valence-corrected chi connectivity index (χ1v) is 4.02. The molecule has 0 bridgehead atoms. The molecule has 1 aromatic rings. The van der Waals surface area contributed by atoms with E-state index in [2.05, 4.69) is 15.5 Å². The number of nitrogens with two attached hydrogens (primary N) is 1. The summed E-state index contributed by atoms with van der Waals surface area (Å²) in [6.07, 6.45) is 1.02. The number of amides is 1. The van der Waals surface area contributed by atoms with Gasteiger partial charge in [-0.05, 0) is 13.0 Å². The van der Waals surface area contributed by atoms with E-state index < -0.39 is 0 Å². The van der Waals surface area contributed by atoms with E-state index in [9.17, 15) is 4.79 Å². The Morgan fingerprint density at radius 2 is 2.38 bits per heavy atom. The van der Waals surface area contributed by atoms with Gasteiger partial charge in [-0.1, -0.05) is 5.10 Å². The smallest absolute Gasteiger partial charge is 0.322 e. The lowest BCUT2D eigenvalue weighted by Gasteiger charge is -1.97. The lowest BCUT2D eigenvalue weighted by Crippen LogP contribution is -2.13. The summed E-state index contributed by atoms with van der Waals surface area (Å²) in [5.41, 5.74) is 5.24. The van der Waals surface area contributed by atoms with Gasteiger partial charge in [0.1, 0.15) is 0 Å². The first-order chi connectivity index (χ1) is 6.22. The molecule has 6 heteroatoms. The average molecular weight is 184 g/mol. The minimum atomic E-state index is -0.158. The van der Waals surface area contributed by atoms with Crippen molar-refractivity contribution in [3.8, 4) is 0 Å². The summed E-state index contributed by atoms with van der Waals surface area (Å²) >= 11 is 0. The average Bonchev–Trinajstić information content (AvgIpc) is 2.48. The van der Waals surface area contributed by atoms with Gasteiger partial charge in [0.05, 0.1) is 0 Å². The first-order valence-electron chi connectivity index (χ1n) is 4.02. The van der Waals surface area contributed by atoms with Gasteiger partial charge in [-0.25, -0.2) is 0 Å². The number of nitrogens with zero attached hydrogens (tertiary/aromatic N) is 2. The molecule has 0 aliphatic rings. The molecule has 1 heterocycles. The van der Waals surface area contributed by atoms with Gasteiger partial charge in [-0.3, -0.25) is 10.1 Å². The van der Waals surface area contributed by atoms with Crippen molar-refractivity contribution in [2.75, 3.05) is 11.9 Å². The molecule has 0 spiro atoms. The van der Waals surface area contributed by atoms with Crippen LogP contribution in [0.15, 0.2) is 4.42 Å². The van der Waals surface area contributed by atoms with Gasteiger partial charge in [0.2, 0.25) is 11.8 Å². The number of hydrogen-bond donors (Lipinski definition) is 2. The van der Waals surface area contributed by atoms with E-state index in [0.717, 1.165) is 0 Å². The molecule has 0 aromatic carbocycles. The Hall–Kier alpha value is -1.43. The number of hydrogen-bond acceptors (Lipinski definition) is 5. The Morgan fingerprint density at radius 3 is 2.92 bits per heavy atom. The van der Waals surface area contributed by atoms with Crippen LogP contribution in [-0.4, -0.2) is 22.6 Å². The Kier molecular flexibility index (Phi) is 3.39. The van der Waals surface area contributed by atoms with Crippen molar-refractivity contribution < 1.29 is 9.21 Å². The van der Waals surface area contributed by atoms with Crippen molar-refractivity contribution in [3.05, 3.63) is 5.89 Å². The highest BCUT2D eigenvalue weighted by molar-refractivity contribution is 5.88. The van der Waals surface area contributed by atoms with Crippen molar-refractivity contribution in [1.82, 2.24) is 10.2 Å². The largest absolute Gasteiger partial charge is 0.408 e. The quantitative estimate of drug-likeness (QED) is 0.689. The molecule has 0 aliphatic heterocycles. The normalized spacial score (nSPS) is 10.0. The molecule has 13 heavy (non-hydrogen) atoms. The predicted octanol–water partition coefficient (Wildman–Crippen LogP) is 0.0554. The zero-order chi connectivity index (χ0) is 9.68. The summed E-state index contributed by atoms with van der Waals surface area (Å²) in [6, 6.07) is 0.138. The van der Waals surface area contributed by atoms with Crippen molar-refractivity contribution in [2.24, 2.45) is 5.73 Å². The Labute approximate surface area is 75.5 Å². The standard InChI is InChI=1S/C7H12N4O2/c1-5-10-11-7(13-5)9-6(12)3-2-4-8/h2-4,8H2,1H3,(H,9,11,12). The Balaban J connectivity index is 2.36. The number of anilines is 1. The van der Waals surface area contributed by atoms with E-state index in [4.69, 9.17) is 10.2 Å². The zero-order valence-electron chi connectivity index (χ0n) is 7.41. The number of carbonyl (C=O) groups excluding carboxylic acids is 1. The molecule has 72 valence electrons. The maximum absolute atomic E-state index is 11.1. The third-order valence-corrected chi connectivity index (χ3v) is 1.38. The predicted molar refractivity (Wildman–Crippen MR) is 46.0 cm³/mol. The Morgan fingerprint density at radius 1 is 1.62 bits per heavy atom. The van der Waals surface area contributed by atoms with Crippen molar-refractivity contribution >= 4 is 11.9 Å². The fourth-order valence-electron chi connectivity index (χ4n) is 0.791. The zero-order valence-corrected chi connectivity index (χ0v) is 7.41. The van der Waals surface area contributed by atoms with Crippen LogP contribution in [0.4, 0.5) is 6.01 Å². The molecular weight excluding hydrogens is 172 g/mol. The third kappa shape index (κ3) is 3.20. The second kappa shape index (κ2) is 4.56. The van der Waals surface area contributed by atoms with Crippen molar-refractivity contribution in [1.29, 1.82) is 0 Å². The van der Waals surface area contributed by atoms with Crippen LogP contribution in [0.1, 0.15) is 18.7 Å². The van der Waals surface area contributed by atoms with E-state index in [0.29, 0.717) is 25.3 Å². The SMILES string of the molecule is Cc1nnc(NC(=O)CCCN)o1. The van der Waals surface area contributed by atoms with Crippen LogP contribution in [-0.2, 0) is 4.79 Å². The number of aromatic nitrogens is 2. The topological polar surface area (TPSA) is 94.0 Å². The summed E-state index contributed by atoms with van der Waals surface area (Å²) in [5.74, 6) is 0.267. The molecule has 0 saturated carbocycles. The van der Waals surface area contributed by atoms with Crippen LogP contribution in [0.25, 0.3) is 0 Å². The number of nitrogens with one attached hydrogen (secondary N) is 1. The number of rotatable bonds is 4. The summed E-state index contributed by atoms with van der Waals surface area (Å²) < 4.78 is 4.95. The van der Waals surface area contributed by atoms with Crippen LogP contribution in [0.3, 0.4) is 0 Å². The van der Waals surface area contributed by atoms with Crippen LogP contribution in [0.2, 0.25) is 0 Å². The lowest BCUT2D eigenvalue weighted by molar-refractivity contribution is -0.116. The minimum Gasteiger partial charge on any atom is -0.408 e. The first kappa shape index (κ1) is 9.66. The molecule has 0 atom stereocenters. The van der Waals surface area contributed by atoms with E-state index in [1.165, 1.54) is 0 Å². The van der Waals surface area contributed by atoms with Crippen molar-refractivity contribution in [3.63, 3.8) is 0 Å². The van der Waals surface area contributed by atoms with Gasteiger partial charge in [0, 0.05) is 13.3 Å². The summed E-state index contributed by atoms with van der Waals surface area (Å²) in [5, 5.41) is 9.64. The van der Waals surface area contributed by atoms with Crippen LogP contribution >= 0.6 is 0 Å². The maximum Gasteiger partial charge on any atom is 0.322 e. The lowest BCUT2D eigenvalue weighted by atomic mass is 10.3. The summed E-state index contributed by atoms with van der Waals surface area (Å²) in [4.78, 5) is 11.1. The highest BCUT2D eigenvalue weighted by Crippen LogP contribution is 2.04. The fraction of sp³-hybridized carbons (Fsp3) is 0.571. The van der Waals surface area contributed by atoms with Crippen LogP contribution in [0.5, 0.6) is 0 Å². The van der Waals surface area contributed by atoms with Gasteiger partial charge in [-0.2, -0.15) is 0 Å². The van der Waals surface area contributed by atoms with E-state index in [1.54, 1.807) is 6.92 Å². The minimum absolute atomic E-state index is 0.138. The fourth-order valence-corrected chi connectivity index (χ4v) is 0.791. The number of carbonyl (C=O) groups is 1. The molecule has 0 fully saturated rings. The maximum atomic E-state index is 11.1. The van der Waals surface area contributed by atoms with E-state index >= 15 is 0 Å². The second-order valence-corrected chi connectivity index (χ2v) is 2.57. The summed E-state index contributed by atoms with van der Waals surface area (Å²) in [6.45, 7) is 2.15. The number of aryl methyl sites for hydroxylation is 1. The van der Waals surface area contributed by atoms with Crippen LogP contribution in [0, 0.1) is 6.92 Å². The second-order valence-electron chi connectivity index (χ2n) is 2.57. The summed E-state index contributed by atoms with van der Waals surface area (Å²) in [7, 11) is 0. The molecule has 0 aliphatic carbocycles. The molecule has 0 unspecified atom stereocenters. The van der Waals surface area contributed by atoms with Crippen molar-refractivity contribution in [2.45, 2.75) is 19.8 Å². The monoisotopic (exact) mass is 184 g/mol. The van der Waals surface area contributed by atoms with Gasteiger partial charge in [0.15, 0.2) is 0 Å². The van der Waals surface area contributed by atoms with Crippen LogP contribution < -0.4 is 11.1 Å². The molecule has 0 saturated heterocycles. The van der Waals surface area contributed by atoms with Gasteiger partial charge < -0.3 is 10.2 Å². The van der Waals surface area contributed by atoms with Gasteiger partial charge in [0.25, 0.3) is 0 Å².